The van der Waals surface area contributed by atoms with Gasteiger partial charge >= 0.3 is 0 Å². The number of hydrogen-bond donors (Lipinski definition) is 1. The molecule has 0 saturated carbocycles. The van der Waals surface area contributed by atoms with E-state index in [4.69, 9.17) is 4.74 Å². The number of aliphatic hydroxyl groups is 1. The number of para-hydroxylation sites is 1. The molecule has 1 atom stereocenters. The van der Waals surface area contributed by atoms with Crippen LogP contribution < -0.4 is 4.74 Å². The highest BCUT2D eigenvalue weighted by atomic mass is 19.2. The van der Waals surface area contributed by atoms with Crippen LogP contribution in [0.3, 0.4) is 0 Å². The van der Waals surface area contributed by atoms with E-state index in [-0.39, 0.29) is 12.0 Å². The average molecular weight is 264 g/mol. The first-order valence-corrected chi connectivity index (χ1v) is 5.87. The van der Waals surface area contributed by atoms with Crippen molar-refractivity contribution in [3.63, 3.8) is 0 Å². The largest absolute Gasteiger partial charge is 0.496 e. The van der Waals surface area contributed by atoms with Crippen LogP contribution in [0.2, 0.25) is 0 Å². The van der Waals surface area contributed by atoms with Crippen LogP contribution in [0.5, 0.6) is 5.75 Å². The lowest BCUT2D eigenvalue weighted by atomic mass is 10.00. The van der Waals surface area contributed by atoms with Gasteiger partial charge in [-0.05, 0) is 17.7 Å². The third-order valence-corrected chi connectivity index (χ3v) is 2.94. The summed E-state index contributed by atoms with van der Waals surface area (Å²) < 4.78 is 31.8. The Bertz CT molecular complexity index is 570. The molecule has 2 rings (SSSR count). The first kappa shape index (κ1) is 13.5. The van der Waals surface area contributed by atoms with Gasteiger partial charge in [-0.1, -0.05) is 30.3 Å². The maximum absolute atomic E-state index is 13.5. The van der Waals surface area contributed by atoms with Gasteiger partial charge in [0.1, 0.15) is 5.75 Å². The molecule has 0 saturated heterocycles. The van der Waals surface area contributed by atoms with E-state index in [1.54, 1.807) is 24.3 Å². The van der Waals surface area contributed by atoms with Gasteiger partial charge in [0.25, 0.3) is 0 Å². The van der Waals surface area contributed by atoms with Crippen molar-refractivity contribution < 1.29 is 18.6 Å². The summed E-state index contributed by atoms with van der Waals surface area (Å²) in [5.74, 6) is -1.31. The SMILES string of the molecule is COc1ccccc1C(O)Cc1cccc(F)c1F. The number of rotatable bonds is 4. The van der Waals surface area contributed by atoms with Gasteiger partial charge in [-0.2, -0.15) is 0 Å². The van der Waals surface area contributed by atoms with Crippen molar-refractivity contribution >= 4 is 0 Å². The quantitative estimate of drug-likeness (QED) is 0.918. The number of aliphatic hydroxyl groups excluding tert-OH is 1. The van der Waals surface area contributed by atoms with Crippen LogP contribution in [-0.4, -0.2) is 12.2 Å². The third kappa shape index (κ3) is 2.90. The molecular weight excluding hydrogens is 250 g/mol. The Morgan fingerprint density at radius 2 is 1.84 bits per heavy atom. The lowest BCUT2D eigenvalue weighted by Crippen LogP contribution is -2.06. The summed E-state index contributed by atoms with van der Waals surface area (Å²) in [5.41, 5.74) is 0.687. The lowest BCUT2D eigenvalue weighted by Gasteiger charge is -2.15. The topological polar surface area (TPSA) is 29.5 Å². The van der Waals surface area contributed by atoms with E-state index in [0.29, 0.717) is 11.3 Å². The van der Waals surface area contributed by atoms with Crippen molar-refractivity contribution in [2.45, 2.75) is 12.5 Å². The standard InChI is InChI=1S/C15H14F2O2/c1-19-14-8-3-2-6-11(14)13(18)9-10-5-4-7-12(16)15(10)17/h2-8,13,18H,9H2,1H3. The maximum atomic E-state index is 13.5. The molecule has 0 spiro atoms. The molecule has 0 aliphatic heterocycles. The predicted molar refractivity (Wildman–Crippen MR) is 68.0 cm³/mol. The highest BCUT2D eigenvalue weighted by Gasteiger charge is 2.16. The van der Waals surface area contributed by atoms with Crippen LogP contribution in [0.15, 0.2) is 42.5 Å². The summed E-state index contributed by atoms with van der Waals surface area (Å²) in [7, 11) is 1.49. The second-order valence-electron chi connectivity index (χ2n) is 4.17. The Labute approximate surface area is 110 Å². The molecule has 0 aromatic heterocycles. The zero-order valence-corrected chi connectivity index (χ0v) is 10.4. The minimum absolute atomic E-state index is 0.00995. The predicted octanol–water partition coefficient (Wildman–Crippen LogP) is 3.25. The first-order chi connectivity index (χ1) is 9.13. The normalized spacial score (nSPS) is 12.2. The Balaban J connectivity index is 2.26. The van der Waals surface area contributed by atoms with Gasteiger partial charge in [-0.15, -0.1) is 0 Å². The van der Waals surface area contributed by atoms with Crippen LogP contribution >= 0.6 is 0 Å². The number of hydrogen-bond acceptors (Lipinski definition) is 2. The summed E-state index contributed by atoms with van der Waals surface area (Å²) in [6.07, 6.45) is -0.961. The highest BCUT2D eigenvalue weighted by Crippen LogP contribution is 2.28. The van der Waals surface area contributed by atoms with E-state index < -0.39 is 17.7 Å². The van der Waals surface area contributed by atoms with E-state index in [1.165, 1.54) is 19.2 Å². The molecule has 0 radical (unpaired) electrons. The third-order valence-electron chi connectivity index (χ3n) is 2.94. The second kappa shape index (κ2) is 5.80. The monoisotopic (exact) mass is 264 g/mol. The molecule has 0 heterocycles. The lowest BCUT2D eigenvalue weighted by molar-refractivity contribution is 0.172. The highest BCUT2D eigenvalue weighted by molar-refractivity contribution is 5.36. The van der Waals surface area contributed by atoms with Crippen molar-refractivity contribution in [2.24, 2.45) is 0 Å². The summed E-state index contributed by atoms with van der Waals surface area (Å²) >= 11 is 0. The molecule has 19 heavy (non-hydrogen) atoms. The fraction of sp³-hybridized carbons (Fsp3) is 0.200. The van der Waals surface area contributed by atoms with Crippen LogP contribution in [0.4, 0.5) is 8.78 Å². The summed E-state index contributed by atoms with van der Waals surface area (Å²) in [6, 6.07) is 10.9. The second-order valence-corrected chi connectivity index (χ2v) is 4.17. The van der Waals surface area contributed by atoms with Gasteiger partial charge in [-0.3, -0.25) is 0 Å². The van der Waals surface area contributed by atoms with Gasteiger partial charge in [0.2, 0.25) is 0 Å². The number of halogens is 2. The van der Waals surface area contributed by atoms with Crippen LogP contribution in [0, 0.1) is 11.6 Å². The Hall–Kier alpha value is -1.94. The maximum Gasteiger partial charge on any atom is 0.162 e. The van der Waals surface area contributed by atoms with E-state index in [2.05, 4.69) is 0 Å². The Morgan fingerprint density at radius 1 is 1.11 bits per heavy atom. The molecule has 1 N–H and O–H groups in total. The van der Waals surface area contributed by atoms with Gasteiger partial charge < -0.3 is 9.84 Å². The van der Waals surface area contributed by atoms with Crippen LogP contribution in [0.25, 0.3) is 0 Å². The molecule has 100 valence electrons. The molecule has 2 nitrogen and oxygen atoms in total. The first-order valence-electron chi connectivity index (χ1n) is 5.87. The molecule has 0 amide bonds. The van der Waals surface area contributed by atoms with Gasteiger partial charge in [0.15, 0.2) is 11.6 Å². The van der Waals surface area contributed by atoms with E-state index in [1.807, 2.05) is 0 Å². The summed E-state index contributed by atoms with van der Waals surface area (Å²) in [5, 5.41) is 10.1. The van der Waals surface area contributed by atoms with E-state index in [0.717, 1.165) is 6.07 Å². The van der Waals surface area contributed by atoms with Gasteiger partial charge in [0, 0.05) is 12.0 Å². The van der Waals surface area contributed by atoms with Crippen molar-refractivity contribution in [3.8, 4) is 5.75 Å². The fourth-order valence-electron chi connectivity index (χ4n) is 1.97. The molecular formula is C15H14F2O2. The van der Waals surface area contributed by atoms with Crippen molar-refractivity contribution in [3.05, 3.63) is 65.2 Å². The molecule has 4 heteroatoms. The zero-order chi connectivity index (χ0) is 13.8. The molecule has 0 aliphatic rings. The zero-order valence-electron chi connectivity index (χ0n) is 10.4. The smallest absolute Gasteiger partial charge is 0.162 e. The summed E-state index contributed by atoms with van der Waals surface area (Å²) in [6.45, 7) is 0. The molecule has 1 unspecified atom stereocenters. The van der Waals surface area contributed by atoms with Crippen LogP contribution in [0.1, 0.15) is 17.2 Å². The number of methoxy groups -OCH3 is 1. The van der Waals surface area contributed by atoms with E-state index in [9.17, 15) is 13.9 Å². The van der Waals surface area contributed by atoms with E-state index >= 15 is 0 Å². The Kier molecular flexibility index (Phi) is 4.12. The van der Waals surface area contributed by atoms with Crippen molar-refractivity contribution in [2.75, 3.05) is 7.11 Å². The summed E-state index contributed by atoms with van der Waals surface area (Å²) in [4.78, 5) is 0. The van der Waals surface area contributed by atoms with Crippen molar-refractivity contribution in [1.29, 1.82) is 0 Å². The molecule has 2 aromatic carbocycles. The van der Waals surface area contributed by atoms with Gasteiger partial charge in [0.05, 0.1) is 13.2 Å². The number of ether oxygens (including phenoxy) is 1. The van der Waals surface area contributed by atoms with Crippen LogP contribution in [-0.2, 0) is 6.42 Å². The molecule has 0 fully saturated rings. The fourth-order valence-corrected chi connectivity index (χ4v) is 1.97. The Morgan fingerprint density at radius 3 is 2.58 bits per heavy atom. The average Bonchev–Trinajstić information content (AvgIpc) is 2.43. The molecule has 0 bridgehead atoms. The molecule has 2 aromatic rings. The minimum Gasteiger partial charge on any atom is -0.496 e. The van der Waals surface area contributed by atoms with Gasteiger partial charge in [-0.25, -0.2) is 8.78 Å². The van der Waals surface area contributed by atoms with Crippen molar-refractivity contribution in [1.82, 2.24) is 0 Å². The molecule has 0 aliphatic carbocycles. The minimum atomic E-state index is -0.951. The number of benzene rings is 2.